The van der Waals surface area contributed by atoms with E-state index in [4.69, 9.17) is 15.6 Å². The fourth-order valence-corrected chi connectivity index (χ4v) is 3.92. The Kier molecular flexibility index (Phi) is 8.71. The molecule has 0 radical (unpaired) electrons. The van der Waals surface area contributed by atoms with Crippen molar-refractivity contribution in [1.29, 1.82) is 0 Å². The van der Waals surface area contributed by atoms with Crippen molar-refractivity contribution in [2.45, 2.75) is 30.9 Å². The third kappa shape index (κ3) is 6.98. The van der Waals surface area contributed by atoms with Gasteiger partial charge in [-0.05, 0) is 42.3 Å². The summed E-state index contributed by atoms with van der Waals surface area (Å²) >= 11 is 1.18. The fraction of sp³-hybridized carbons (Fsp3) is 0.240. The van der Waals surface area contributed by atoms with Crippen molar-refractivity contribution >= 4 is 35.5 Å². The number of amides is 1. The molecule has 2 aromatic carbocycles. The molecule has 1 unspecified atom stereocenters. The zero-order chi connectivity index (χ0) is 23.6. The van der Waals surface area contributed by atoms with Crippen molar-refractivity contribution in [3.05, 3.63) is 66.9 Å². The maximum Gasteiger partial charge on any atom is 0.313 e. The SMILES string of the molecule is CCCC1CN(C=O)c2ccc(-c3ccc(SCC(=O)O)nc3)cc2O1.Nc1ccccc1. The molecule has 1 aliphatic rings. The van der Waals surface area contributed by atoms with Crippen LogP contribution in [0.4, 0.5) is 11.4 Å². The van der Waals surface area contributed by atoms with Crippen molar-refractivity contribution in [1.82, 2.24) is 4.98 Å². The Labute approximate surface area is 197 Å². The third-order valence-electron chi connectivity index (χ3n) is 4.91. The highest BCUT2D eigenvalue weighted by Gasteiger charge is 2.25. The summed E-state index contributed by atoms with van der Waals surface area (Å²) in [5.41, 5.74) is 8.80. The van der Waals surface area contributed by atoms with Crippen molar-refractivity contribution in [3.63, 3.8) is 0 Å². The molecule has 1 amide bonds. The van der Waals surface area contributed by atoms with Crippen LogP contribution in [0.2, 0.25) is 0 Å². The third-order valence-corrected chi connectivity index (χ3v) is 5.84. The number of ether oxygens (including phenoxy) is 1. The number of hydrogen-bond donors (Lipinski definition) is 2. The second kappa shape index (κ2) is 11.9. The van der Waals surface area contributed by atoms with Gasteiger partial charge in [-0.25, -0.2) is 4.98 Å². The van der Waals surface area contributed by atoms with E-state index < -0.39 is 5.97 Å². The summed E-state index contributed by atoms with van der Waals surface area (Å²) < 4.78 is 6.06. The summed E-state index contributed by atoms with van der Waals surface area (Å²) in [5.74, 6) is -0.183. The molecule has 0 saturated heterocycles. The first-order valence-electron chi connectivity index (χ1n) is 10.6. The van der Waals surface area contributed by atoms with E-state index in [0.29, 0.717) is 17.3 Å². The number of thioether (sulfide) groups is 1. The van der Waals surface area contributed by atoms with Crippen molar-refractivity contribution < 1.29 is 19.4 Å². The molecular weight excluding hydrogens is 438 g/mol. The Hall–Kier alpha value is -3.52. The number of nitrogens with zero attached hydrogens (tertiary/aromatic N) is 2. The van der Waals surface area contributed by atoms with Gasteiger partial charge in [0.2, 0.25) is 6.41 Å². The van der Waals surface area contributed by atoms with E-state index >= 15 is 0 Å². The Morgan fingerprint density at radius 2 is 1.97 bits per heavy atom. The molecule has 172 valence electrons. The summed E-state index contributed by atoms with van der Waals surface area (Å²) in [7, 11) is 0. The summed E-state index contributed by atoms with van der Waals surface area (Å²) in [6.07, 6.45) is 4.45. The van der Waals surface area contributed by atoms with Gasteiger partial charge in [-0.15, -0.1) is 0 Å². The van der Waals surface area contributed by atoms with Gasteiger partial charge in [-0.1, -0.05) is 55.4 Å². The summed E-state index contributed by atoms with van der Waals surface area (Å²) in [6.45, 7) is 2.66. The number of aromatic nitrogens is 1. The van der Waals surface area contributed by atoms with Crippen molar-refractivity contribution in [3.8, 4) is 16.9 Å². The number of anilines is 2. The number of carbonyl (C=O) groups excluding carboxylic acids is 1. The Bertz CT molecular complexity index is 1060. The standard InChI is InChI=1S/C19H20N2O4S.C6H7N/c1-2-3-15-10-21(12-22)16-6-4-13(8-17(16)25-15)14-5-7-18(20-9-14)26-11-19(23)24;7-6-4-2-1-3-5-6/h4-9,12,15H,2-3,10-11H2,1H3,(H,23,24);1-5H,7H2. The van der Waals surface area contributed by atoms with E-state index in [-0.39, 0.29) is 11.9 Å². The first kappa shape index (κ1) is 24.1. The first-order chi connectivity index (χ1) is 16.0. The number of nitrogens with two attached hydrogens (primary N) is 1. The largest absolute Gasteiger partial charge is 0.486 e. The maximum atomic E-state index is 11.4. The molecule has 3 N–H and O–H groups in total. The average molecular weight is 466 g/mol. The van der Waals surface area contributed by atoms with E-state index in [1.807, 2.05) is 54.6 Å². The Morgan fingerprint density at radius 3 is 2.55 bits per heavy atom. The minimum atomic E-state index is -0.867. The van der Waals surface area contributed by atoms with Gasteiger partial charge in [-0.3, -0.25) is 9.59 Å². The van der Waals surface area contributed by atoms with E-state index in [1.165, 1.54) is 11.8 Å². The van der Waals surface area contributed by atoms with E-state index in [1.54, 1.807) is 17.2 Å². The van der Waals surface area contributed by atoms with Crippen molar-refractivity contribution in [2.75, 3.05) is 22.9 Å². The van der Waals surface area contributed by atoms with Gasteiger partial charge in [0.05, 0.1) is 23.0 Å². The highest BCUT2D eigenvalue weighted by Crippen LogP contribution is 2.37. The highest BCUT2D eigenvalue weighted by atomic mass is 32.2. The number of hydrogen-bond acceptors (Lipinski definition) is 6. The summed E-state index contributed by atoms with van der Waals surface area (Å²) in [4.78, 5) is 28.0. The normalized spacial score (nSPS) is 14.3. The number of nitrogen functional groups attached to an aromatic ring is 1. The molecule has 1 aromatic heterocycles. The molecule has 0 spiro atoms. The molecule has 3 aromatic rings. The molecule has 8 heteroatoms. The monoisotopic (exact) mass is 465 g/mol. The lowest BCUT2D eigenvalue weighted by Gasteiger charge is -2.33. The van der Waals surface area contributed by atoms with Crippen LogP contribution in [-0.2, 0) is 9.59 Å². The number of benzene rings is 2. The van der Waals surface area contributed by atoms with Gasteiger partial charge in [0.25, 0.3) is 0 Å². The number of rotatable bonds is 7. The van der Waals surface area contributed by atoms with Crippen LogP contribution < -0.4 is 15.4 Å². The second-order valence-corrected chi connectivity index (χ2v) is 8.44. The lowest BCUT2D eigenvalue weighted by molar-refractivity contribution is -0.133. The molecule has 4 rings (SSSR count). The van der Waals surface area contributed by atoms with Crippen LogP contribution in [0.5, 0.6) is 5.75 Å². The maximum absolute atomic E-state index is 11.4. The summed E-state index contributed by atoms with van der Waals surface area (Å²) in [5, 5.41) is 9.40. The number of aliphatic carboxylic acids is 1. The molecule has 0 aliphatic carbocycles. The Balaban J connectivity index is 0.000000374. The van der Waals surface area contributed by atoms with Gasteiger partial charge >= 0.3 is 5.97 Å². The van der Waals surface area contributed by atoms with Gasteiger partial charge in [0, 0.05) is 17.4 Å². The first-order valence-corrected chi connectivity index (χ1v) is 11.6. The number of carboxylic acid groups (broad SMARTS) is 1. The minimum absolute atomic E-state index is 0.000805. The van der Waals surface area contributed by atoms with Crippen LogP contribution in [0.3, 0.4) is 0 Å². The fourth-order valence-electron chi connectivity index (χ4n) is 3.36. The zero-order valence-corrected chi connectivity index (χ0v) is 19.2. The summed E-state index contributed by atoms with van der Waals surface area (Å²) in [6, 6.07) is 18.9. The molecule has 0 saturated carbocycles. The van der Waals surface area contributed by atoms with Gasteiger partial charge in [0.1, 0.15) is 11.9 Å². The number of carbonyl (C=O) groups is 2. The smallest absolute Gasteiger partial charge is 0.313 e. The van der Waals surface area contributed by atoms with E-state index in [9.17, 15) is 9.59 Å². The number of para-hydroxylation sites is 1. The van der Waals surface area contributed by atoms with Crippen LogP contribution in [0, 0.1) is 0 Å². The topological polar surface area (TPSA) is 106 Å². The molecule has 1 atom stereocenters. The quantitative estimate of drug-likeness (QED) is 0.295. The van der Waals surface area contributed by atoms with Gasteiger partial charge in [-0.2, -0.15) is 0 Å². The molecule has 1 aliphatic heterocycles. The predicted octanol–water partition coefficient (Wildman–Crippen LogP) is 4.72. The molecular formula is C25H27N3O4S. The van der Waals surface area contributed by atoms with E-state index in [2.05, 4.69) is 11.9 Å². The molecule has 7 nitrogen and oxygen atoms in total. The van der Waals surface area contributed by atoms with Crippen LogP contribution in [-0.4, -0.2) is 40.9 Å². The van der Waals surface area contributed by atoms with Crippen LogP contribution in [0.15, 0.2) is 71.9 Å². The molecule has 0 bridgehead atoms. The van der Waals surface area contributed by atoms with Crippen LogP contribution >= 0.6 is 11.8 Å². The van der Waals surface area contributed by atoms with E-state index in [0.717, 1.165) is 41.8 Å². The number of fused-ring (bicyclic) bond motifs is 1. The van der Waals surface area contributed by atoms with Crippen molar-refractivity contribution in [2.24, 2.45) is 0 Å². The highest BCUT2D eigenvalue weighted by molar-refractivity contribution is 7.99. The predicted molar refractivity (Wildman–Crippen MR) is 132 cm³/mol. The minimum Gasteiger partial charge on any atom is -0.486 e. The lowest BCUT2D eigenvalue weighted by Crippen LogP contribution is -2.39. The number of pyridine rings is 1. The second-order valence-electron chi connectivity index (χ2n) is 7.45. The average Bonchev–Trinajstić information content (AvgIpc) is 2.83. The Morgan fingerprint density at radius 1 is 1.21 bits per heavy atom. The molecule has 0 fully saturated rings. The van der Waals surface area contributed by atoms with Crippen LogP contribution in [0.25, 0.3) is 11.1 Å². The zero-order valence-electron chi connectivity index (χ0n) is 18.4. The molecule has 33 heavy (non-hydrogen) atoms. The van der Waals surface area contributed by atoms with Gasteiger partial charge in [0.15, 0.2) is 0 Å². The number of carboxylic acids is 1. The van der Waals surface area contributed by atoms with Gasteiger partial charge < -0.3 is 20.5 Å². The lowest BCUT2D eigenvalue weighted by atomic mass is 10.0. The molecule has 2 heterocycles. The van der Waals surface area contributed by atoms with Crippen LogP contribution in [0.1, 0.15) is 19.8 Å².